The normalized spacial score (nSPS) is 20.3. The van der Waals surface area contributed by atoms with E-state index in [0.717, 1.165) is 119 Å². The van der Waals surface area contributed by atoms with Gasteiger partial charge < -0.3 is 0 Å². The van der Waals surface area contributed by atoms with Crippen LogP contribution in [0.5, 0.6) is 0 Å². The second kappa shape index (κ2) is 15.8. The summed E-state index contributed by atoms with van der Waals surface area (Å²) in [6.07, 6.45) is 8.60. The smallest absolute Gasteiger partial charge is 0.0941 e. The number of halogens is 1. The topological polar surface area (TPSA) is 125 Å². The lowest BCUT2D eigenvalue weighted by Crippen LogP contribution is -2.29. The summed E-state index contributed by atoms with van der Waals surface area (Å²) in [6.45, 7) is 8.09. The molecule has 65 heavy (non-hydrogen) atoms. The number of para-hydroxylation sites is 4. The molecule has 2 spiro atoms. The highest BCUT2D eigenvalue weighted by Gasteiger charge is 2.47. The number of nitrogens with zero attached hydrogens (tertiary/aromatic N) is 10. The van der Waals surface area contributed by atoms with Crippen LogP contribution in [0.25, 0.3) is 66.1 Å². The maximum absolute atomic E-state index is 4.97. The molecule has 2 N–H and O–H groups in total. The number of hydrogen-bond acceptors (Lipinski definition) is 8. The number of nitrogens with one attached hydrogen (secondary N) is 2. The minimum Gasteiger partial charge on any atom is -0.296 e. The monoisotopic (exact) mass is 876 g/mol. The minimum atomic E-state index is 0. The molecule has 2 unspecified atom stereocenters. The molecule has 14 rings (SSSR count). The van der Waals surface area contributed by atoms with E-state index in [2.05, 4.69) is 159 Å². The van der Waals surface area contributed by atoms with E-state index < -0.39 is 0 Å². The number of hydrogen-bond donors (Lipinski definition) is 2. The Hall–Kier alpha value is -6.73. The highest BCUT2D eigenvalue weighted by molar-refractivity contribution is 5.86. The van der Waals surface area contributed by atoms with E-state index in [9.17, 15) is 0 Å². The Balaban J connectivity index is 0.000000135. The lowest BCUT2D eigenvalue weighted by atomic mass is 9.82. The van der Waals surface area contributed by atoms with Crippen molar-refractivity contribution in [2.45, 2.75) is 62.7 Å². The van der Waals surface area contributed by atoms with E-state index in [-0.39, 0.29) is 23.2 Å². The molecule has 12 nitrogen and oxygen atoms in total. The maximum Gasteiger partial charge on any atom is 0.0941 e. The summed E-state index contributed by atoms with van der Waals surface area (Å²) >= 11 is 0. The molecular weight excluding hydrogens is 828 g/mol. The van der Waals surface area contributed by atoms with Gasteiger partial charge in [-0.25, -0.2) is 0 Å². The van der Waals surface area contributed by atoms with Crippen LogP contribution in [-0.2, 0) is 37.0 Å². The SMILES string of the molecule is Cl.c1ccc2ncc(-c3cc4n(n3)CCC43CCN(Cc4n[nH]c5ccccc45)C3)cc2c1.c1ccc2ncc(-c3cc4n(n3)CCC43CCN(Cc4n[nH]c5ccccc45)C3)cc2c1. The summed E-state index contributed by atoms with van der Waals surface area (Å²) in [6, 6.07) is 42.3. The Morgan fingerprint density at radius 1 is 0.492 bits per heavy atom. The van der Waals surface area contributed by atoms with Crippen LogP contribution in [0.3, 0.4) is 0 Å². The second-order valence-electron chi connectivity index (χ2n) is 18.5. The van der Waals surface area contributed by atoms with Crippen LogP contribution >= 0.6 is 12.4 Å². The summed E-state index contributed by atoms with van der Waals surface area (Å²) in [5, 5.41) is 30.3. The summed E-state index contributed by atoms with van der Waals surface area (Å²) in [4.78, 5) is 14.4. The van der Waals surface area contributed by atoms with Crippen molar-refractivity contribution in [1.82, 2.24) is 59.7 Å². The third-order valence-corrected chi connectivity index (χ3v) is 14.7. The van der Waals surface area contributed by atoms with E-state index in [1.54, 1.807) is 0 Å². The third-order valence-electron chi connectivity index (χ3n) is 14.7. The van der Waals surface area contributed by atoms with E-state index in [1.807, 2.05) is 24.5 Å². The Kier molecular flexibility index (Phi) is 9.66. The van der Waals surface area contributed by atoms with Crippen molar-refractivity contribution in [1.29, 1.82) is 0 Å². The van der Waals surface area contributed by atoms with Gasteiger partial charge in [0.1, 0.15) is 0 Å². The molecule has 0 aliphatic carbocycles. The molecule has 4 aromatic carbocycles. The van der Waals surface area contributed by atoms with Crippen LogP contribution in [0.2, 0.25) is 0 Å². The van der Waals surface area contributed by atoms with Gasteiger partial charge in [-0.2, -0.15) is 20.4 Å². The highest BCUT2D eigenvalue weighted by atomic mass is 35.5. The first-order valence-electron chi connectivity index (χ1n) is 22.7. The predicted octanol–water partition coefficient (Wildman–Crippen LogP) is 9.47. The van der Waals surface area contributed by atoms with Crippen molar-refractivity contribution in [2.24, 2.45) is 0 Å². The number of aromatic amines is 2. The average Bonchev–Trinajstić information content (AvgIpc) is 4.22. The van der Waals surface area contributed by atoms with Gasteiger partial charge in [0.2, 0.25) is 0 Å². The quantitative estimate of drug-likeness (QED) is 0.169. The first-order valence-corrected chi connectivity index (χ1v) is 22.7. The molecule has 6 aromatic heterocycles. The Labute approximate surface area is 382 Å². The van der Waals surface area contributed by atoms with E-state index in [1.165, 1.54) is 47.8 Å². The fourth-order valence-corrected chi connectivity index (χ4v) is 11.3. The number of aryl methyl sites for hydroxylation is 2. The third kappa shape index (κ3) is 6.90. The lowest BCUT2D eigenvalue weighted by Gasteiger charge is -2.23. The molecule has 324 valence electrons. The molecular formula is C52H49ClN12. The number of likely N-dealkylation sites (tertiary alicyclic amines) is 2. The molecule has 10 heterocycles. The van der Waals surface area contributed by atoms with Crippen LogP contribution in [0, 0.1) is 0 Å². The van der Waals surface area contributed by atoms with Gasteiger partial charge >= 0.3 is 0 Å². The number of H-pyrrole nitrogens is 2. The van der Waals surface area contributed by atoms with Gasteiger partial charge in [0.25, 0.3) is 0 Å². The average molecular weight is 878 g/mol. The van der Waals surface area contributed by atoms with Gasteiger partial charge in [0.15, 0.2) is 0 Å². The molecule has 13 heteroatoms. The van der Waals surface area contributed by atoms with Crippen molar-refractivity contribution in [3.8, 4) is 22.5 Å². The van der Waals surface area contributed by atoms with Gasteiger partial charge in [-0.1, -0.05) is 72.8 Å². The summed E-state index contributed by atoms with van der Waals surface area (Å²) < 4.78 is 4.47. The fraction of sp³-hybridized carbons (Fsp3) is 0.269. The minimum absolute atomic E-state index is 0. The molecule has 0 bridgehead atoms. The summed E-state index contributed by atoms with van der Waals surface area (Å²) in [5.41, 5.74) is 14.0. The van der Waals surface area contributed by atoms with Crippen LogP contribution in [0.1, 0.15) is 48.5 Å². The van der Waals surface area contributed by atoms with Gasteiger partial charge in [-0.05, 0) is 87.3 Å². The van der Waals surface area contributed by atoms with Crippen LogP contribution in [0.15, 0.2) is 134 Å². The highest BCUT2D eigenvalue weighted by Crippen LogP contribution is 2.46. The number of pyridine rings is 2. The molecule has 4 aliphatic rings. The predicted molar refractivity (Wildman–Crippen MR) is 258 cm³/mol. The summed E-state index contributed by atoms with van der Waals surface area (Å²) in [7, 11) is 0. The largest absolute Gasteiger partial charge is 0.296 e. The van der Waals surface area contributed by atoms with Gasteiger partial charge in [0.05, 0.1) is 44.8 Å². The molecule has 10 aromatic rings. The summed E-state index contributed by atoms with van der Waals surface area (Å²) in [5.74, 6) is 0. The van der Waals surface area contributed by atoms with Crippen molar-refractivity contribution in [3.63, 3.8) is 0 Å². The van der Waals surface area contributed by atoms with Crippen LogP contribution in [-0.4, -0.2) is 85.9 Å². The van der Waals surface area contributed by atoms with Gasteiger partial charge in [-0.15, -0.1) is 12.4 Å². The maximum atomic E-state index is 4.97. The lowest BCUT2D eigenvalue weighted by molar-refractivity contribution is 0.299. The van der Waals surface area contributed by atoms with Crippen molar-refractivity contribution >= 4 is 56.0 Å². The zero-order valence-corrected chi connectivity index (χ0v) is 36.9. The zero-order chi connectivity index (χ0) is 42.2. The Morgan fingerprint density at radius 2 is 0.923 bits per heavy atom. The van der Waals surface area contributed by atoms with Gasteiger partial charge in [0, 0.05) is 107 Å². The number of rotatable bonds is 6. The number of benzene rings is 4. The van der Waals surface area contributed by atoms with E-state index in [0.29, 0.717) is 0 Å². The molecule has 2 atom stereocenters. The Bertz CT molecular complexity index is 3160. The zero-order valence-electron chi connectivity index (χ0n) is 36.1. The number of aromatic nitrogens is 10. The van der Waals surface area contributed by atoms with Crippen LogP contribution < -0.4 is 0 Å². The molecule has 0 saturated carbocycles. The first-order chi connectivity index (χ1) is 31.5. The molecule has 4 aliphatic heterocycles. The number of fused-ring (bicyclic) bond motifs is 8. The second-order valence-corrected chi connectivity index (χ2v) is 18.5. The van der Waals surface area contributed by atoms with Crippen molar-refractivity contribution < 1.29 is 0 Å². The van der Waals surface area contributed by atoms with E-state index >= 15 is 0 Å². The molecule has 0 amide bonds. The fourth-order valence-electron chi connectivity index (χ4n) is 11.3. The van der Waals surface area contributed by atoms with Crippen LogP contribution in [0.4, 0.5) is 0 Å². The van der Waals surface area contributed by atoms with Gasteiger partial charge in [-0.3, -0.25) is 39.3 Å². The molecule has 2 saturated heterocycles. The van der Waals surface area contributed by atoms with E-state index in [4.69, 9.17) is 10.2 Å². The Morgan fingerprint density at radius 3 is 1.42 bits per heavy atom. The molecule has 0 radical (unpaired) electrons. The standard InChI is InChI=1S/2C26H24N6.ClH/c2*1-3-7-21-18(5-1)13-19(15-27-21)23-14-25-26(10-12-32(25)30-23)9-11-31(17-26)16-24-20-6-2-4-8-22(20)28-29-24;/h2*1-8,13-15H,9-12,16-17H2,(H,28,29);1H. The van der Waals surface area contributed by atoms with Crippen molar-refractivity contribution in [2.75, 3.05) is 26.2 Å². The first kappa shape index (κ1) is 39.8. The molecule has 2 fully saturated rings. The van der Waals surface area contributed by atoms with Crippen molar-refractivity contribution in [3.05, 3.63) is 156 Å².